The third kappa shape index (κ3) is 4.08. The van der Waals surface area contributed by atoms with Gasteiger partial charge in [-0.05, 0) is 41.8 Å². The summed E-state index contributed by atoms with van der Waals surface area (Å²) in [4.78, 5) is 32.5. The highest BCUT2D eigenvalue weighted by atomic mass is 16.2. The summed E-state index contributed by atoms with van der Waals surface area (Å²) >= 11 is 0. The Morgan fingerprint density at radius 1 is 1.03 bits per heavy atom. The number of pyridine rings is 1. The summed E-state index contributed by atoms with van der Waals surface area (Å²) in [5.41, 5.74) is 2.56. The van der Waals surface area contributed by atoms with Crippen LogP contribution in [0.2, 0.25) is 0 Å². The van der Waals surface area contributed by atoms with Gasteiger partial charge in [-0.1, -0.05) is 42.5 Å². The van der Waals surface area contributed by atoms with Crippen LogP contribution in [0.25, 0.3) is 16.4 Å². The maximum atomic E-state index is 13.2. The number of hydrogen-bond acceptors (Lipinski definition) is 3. The second kappa shape index (κ2) is 8.83. The van der Waals surface area contributed by atoms with Crippen LogP contribution in [0, 0.1) is 5.92 Å². The molecule has 1 atom stereocenters. The minimum absolute atomic E-state index is 0.00370. The molecule has 4 aromatic rings. The number of carbonyl (C=O) groups excluding carboxylic acids is 2. The molecule has 0 radical (unpaired) electrons. The van der Waals surface area contributed by atoms with Gasteiger partial charge in [-0.15, -0.1) is 0 Å². The molecule has 0 saturated carbocycles. The molecule has 1 fully saturated rings. The van der Waals surface area contributed by atoms with E-state index >= 15 is 0 Å². The zero-order valence-electron chi connectivity index (χ0n) is 17.9. The molecule has 6 nitrogen and oxygen atoms in total. The number of fused-ring (bicyclic) bond motifs is 2. The van der Waals surface area contributed by atoms with Crippen molar-refractivity contribution in [1.29, 1.82) is 0 Å². The summed E-state index contributed by atoms with van der Waals surface area (Å²) < 4.78 is 1.98. The predicted octanol–water partition coefficient (Wildman–Crippen LogP) is 3.70. The van der Waals surface area contributed by atoms with E-state index in [-0.39, 0.29) is 17.7 Å². The normalized spacial score (nSPS) is 16.4. The average Bonchev–Trinajstić information content (AvgIpc) is 3.26. The van der Waals surface area contributed by atoms with Crippen molar-refractivity contribution in [3.63, 3.8) is 0 Å². The van der Waals surface area contributed by atoms with Crippen molar-refractivity contribution in [2.45, 2.75) is 19.3 Å². The number of amides is 2. The van der Waals surface area contributed by atoms with E-state index in [1.807, 2.05) is 82.4 Å². The molecule has 1 aliphatic rings. The molecule has 2 aromatic heterocycles. The quantitative estimate of drug-likeness (QED) is 0.529. The minimum atomic E-state index is -0.177. The minimum Gasteiger partial charge on any atom is -0.355 e. The number of imidazole rings is 1. The zero-order chi connectivity index (χ0) is 21.9. The third-order valence-corrected chi connectivity index (χ3v) is 6.19. The topological polar surface area (TPSA) is 66.7 Å². The second-order valence-corrected chi connectivity index (χ2v) is 8.36. The first-order chi connectivity index (χ1) is 15.7. The van der Waals surface area contributed by atoms with Gasteiger partial charge in [-0.3, -0.25) is 9.59 Å². The highest BCUT2D eigenvalue weighted by Gasteiger charge is 2.29. The lowest BCUT2D eigenvalue weighted by molar-refractivity contribution is -0.126. The van der Waals surface area contributed by atoms with Crippen LogP contribution in [0.4, 0.5) is 0 Å². The maximum Gasteiger partial charge on any atom is 0.254 e. The van der Waals surface area contributed by atoms with E-state index in [0.717, 1.165) is 35.0 Å². The van der Waals surface area contributed by atoms with Gasteiger partial charge in [0.15, 0.2) is 0 Å². The molecule has 5 rings (SSSR count). The van der Waals surface area contributed by atoms with E-state index in [2.05, 4.69) is 10.3 Å². The number of hydrogen-bond donors (Lipinski definition) is 1. The first kappa shape index (κ1) is 20.2. The van der Waals surface area contributed by atoms with Crippen molar-refractivity contribution in [3.05, 3.63) is 84.3 Å². The molecule has 0 spiro atoms. The highest BCUT2D eigenvalue weighted by molar-refractivity contribution is 6.07. The van der Waals surface area contributed by atoms with E-state index in [0.29, 0.717) is 31.6 Å². The Kier molecular flexibility index (Phi) is 5.58. The molecule has 1 N–H and O–H groups in total. The van der Waals surface area contributed by atoms with E-state index in [1.165, 1.54) is 0 Å². The van der Waals surface area contributed by atoms with Crippen molar-refractivity contribution in [3.8, 4) is 0 Å². The largest absolute Gasteiger partial charge is 0.355 e. The van der Waals surface area contributed by atoms with Crippen LogP contribution in [-0.4, -0.2) is 45.7 Å². The van der Waals surface area contributed by atoms with Crippen molar-refractivity contribution in [2.24, 2.45) is 5.92 Å². The fourth-order valence-electron chi connectivity index (χ4n) is 4.52. The van der Waals surface area contributed by atoms with Crippen molar-refractivity contribution in [2.75, 3.05) is 19.6 Å². The van der Waals surface area contributed by atoms with Gasteiger partial charge in [-0.25, -0.2) is 4.98 Å². The molecule has 162 valence electrons. The number of nitrogens with zero attached hydrogens (tertiary/aromatic N) is 3. The number of likely N-dealkylation sites (tertiary alicyclic amines) is 1. The highest BCUT2D eigenvalue weighted by Crippen LogP contribution is 2.23. The summed E-state index contributed by atoms with van der Waals surface area (Å²) in [7, 11) is 0. The number of aromatic nitrogens is 2. The van der Waals surface area contributed by atoms with Gasteiger partial charge in [0.2, 0.25) is 5.91 Å². The molecule has 32 heavy (non-hydrogen) atoms. The van der Waals surface area contributed by atoms with E-state index in [9.17, 15) is 9.59 Å². The fraction of sp³-hybridized carbons (Fsp3) is 0.269. The first-order valence-corrected chi connectivity index (χ1v) is 11.2. The number of rotatable bonds is 5. The molecular weight excluding hydrogens is 400 g/mol. The Bertz CT molecular complexity index is 1240. The fourth-order valence-corrected chi connectivity index (χ4v) is 4.52. The Hall–Kier alpha value is -3.67. The summed E-state index contributed by atoms with van der Waals surface area (Å²) in [6.45, 7) is 1.69. The molecular formula is C26H26N4O2. The van der Waals surface area contributed by atoms with E-state index < -0.39 is 0 Å². The van der Waals surface area contributed by atoms with Gasteiger partial charge in [0, 0.05) is 44.0 Å². The molecule has 1 unspecified atom stereocenters. The molecule has 0 bridgehead atoms. The molecule has 1 aliphatic heterocycles. The van der Waals surface area contributed by atoms with Crippen LogP contribution >= 0.6 is 0 Å². The van der Waals surface area contributed by atoms with Crippen LogP contribution in [-0.2, 0) is 11.2 Å². The van der Waals surface area contributed by atoms with Crippen LogP contribution in [0.1, 0.15) is 28.9 Å². The van der Waals surface area contributed by atoms with E-state index in [1.54, 1.807) is 0 Å². The van der Waals surface area contributed by atoms with Crippen LogP contribution < -0.4 is 5.32 Å². The molecule has 6 heteroatoms. The van der Waals surface area contributed by atoms with Gasteiger partial charge in [0.25, 0.3) is 5.91 Å². The van der Waals surface area contributed by atoms with E-state index in [4.69, 9.17) is 0 Å². The standard InChI is InChI=1S/C26H26N4O2/c31-25(27-14-13-21-18-29-15-4-3-12-24(29)28-21)20-9-6-16-30(17-20)26(32)23-11-5-8-19-7-1-2-10-22(19)23/h1-5,7-8,10-12,15,18,20H,6,9,13-14,16-17H2,(H,27,31). The smallest absolute Gasteiger partial charge is 0.254 e. The summed E-state index contributed by atoms with van der Waals surface area (Å²) in [6, 6.07) is 19.6. The average molecular weight is 427 g/mol. The lowest BCUT2D eigenvalue weighted by atomic mass is 9.95. The predicted molar refractivity (Wildman–Crippen MR) is 124 cm³/mol. The summed E-state index contributed by atoms with van der Waals surface area (Å²) in [6.07, 6.45) is 6.28. The number of nitrogens with one attached hydrogen (secondary N) is 1. The van der Waals surface area contributed by atoms with Gasteiger partial charge in [0.1, 0.15) is 5.65 Å². The number of carbonyl (C=O) groups is 2. The maximum absolute atomic E-state index is 13.2. The van der Waals surface area contributed by atoms with Crippen molar-refractivity contribution < 1.29 is 9.59 Å². The van der Waals surface area contributed by atoms with Gasteiger partial charge in [-0.2, -0.15) is 0 Å². The Morgan fingerprint density at radius 2 is 1.88 bits per heavy atom. The Balaban J connectivity index is 1.20. The summed E-state index contributed by atoms with van der Waals surface area (Å²) in [5.74, 6) is -0.156. The van der Waals surface area contributed by atoms with Crippen molar-refractivity contribution in [1.82, 2.24) is 19.6 Å². The molecule has 1 saturated heterocycles. The van der Waals surface area contributed by atoms with Crippen LogP contribution in [0.15, 0.2) is 73.1 Å². The third-order valence-electron chi connectivity index (χ3n) is 6.19. The Morgan fingerprint density at radius 3 is 2.78 bits per heavy atom. The Labute approximate surface area is 186 Å². The van der Waals surface area contributed by atoms with Gasteiger partial charge < -0.3 is 14.6 Å². The van der Waals surface area contributed by atoms with Crippen LogP contribution in [0.5, 0.6) is 0 Å². The monoisotopic (exact) mass is 426 g/mol. The van der Waals surface area contributed by atoms with Crippen LogP contribution in [0.3, 0.4) is 0 Å². The van der Waals surface area contributed by atoms with Gasteiger partial charge in [0.05, 0.1) is 11.6 Å². The van der Waals surface area contributed by atoms with Gasteiger partial charge >= 0.3 is 0 Å². The molecule has 2 aromatic carbocycles. The molecule has 2 amide bonds. The second-order valence-electron chi connectivity index (χ2n) is 8.36. The number of benzene rings is 2. The first-order valence-electron chi connectivity index (χ1n) is 11.2. The molecule has 0 aliphatic carbocycles. The number of piperidine rings is 1. The lowest BCUT2D eigenvalue weighted by Gasteiger charge is -2.32. The van der Waals surface area contributed by atoms with Crippen molar-refractivity contribution >= 4 is 28.2 Å². The molecule has 3 heterocycles. The summed E-state index contributed by atoms with van der Waals surface area (Å²) in [5, 5.41) is 5.06. The SMILES string of the molecule is O=C(NCCc1cn2ccccc2n1)C1CCCN(C(=O)c2cccc3ccccc23)C1. The zero-order valence-corrected chi connectivity index (χ0v) is 17.9. The lowest BCUT2D eigenvalue weighted by Crippen LogP contribution is -2.45.